The molecule has 0 spiro atoms. The van der Waals surface area contributed by atoms with Crippen LogP contribution in [0, 0.1) is 0 Å². The lowest BCUT2D eigenvalue weighted by Crippen LogP contribution is -2.24. The number of anilines is 1. The molecule has 4 nitrogen and oxygen atoms in total. The van der Waals surface area contributed by atoms with E-state index < -0.39 is 0 Å². The maximum Gasteiger partial charge on any atom is 0.225 e. The Hall–Kier alpha value is -2.89. The molecule has 1 aliphatic rings. The van der Waals surface area contributed by atoms with Crippen LogP contribution in [0.15, 0.2) is 71.6 Å². The fourth-order valence-corrected chi connectivity index (χ4v) is 4.23. The Morgan fingerprint density at radius 2 is 1.48 bits per heavy atom. The smallest absolute Gasteiger partial charge is 0.225 e. The van der Waals surface area contributed by atoms with E-state index in [0.717, 1.165) is 4.90 Å². The number of thioether (sulfide) groups is 1. The molecule has 6 heteroatoms. The molecular weight excluding hydrogens is 406 g/mol. The lowest BCUT2D eigenvalue weighted by atomic mass is 9.83. The molecule has 3 aromatic rings. The standard InChI is InChI=1S/C23H16ClNO3S/c24-14-8-10-15(11-9-14)29-13-12-20(26)25-19-7-3-6-18-21(19)23(28)17-5-2-1-4-16(17)22(18)27/h1-11H,12-13H2,(H,25,26). The number of halogens is 1. The van der Waals surface area contributed by atoms with E-state index in [1.165, 1.54) is 0 Å². The van der Waals surface area contributed by atoms with E-state index in [4.69, 9.17) is 11.6 Å². The third kappa shape index (κ3) is 3.97. The van der Waals surface area contributed by atoms with Crippen molar-refractivity contribution in [2.75, 3.05) is 11.1 Å². The number of fused-ring (bicyclic) bond motifs is 2. The van der Waals surface area contributed by atoms with Crippen molar-refractivity contribution in [3.05, 3.63) is 94.0 Å². The summed E-state index contributed by atoms with van der Waals surface area (Å²) >= 11 is 7.42. The molecule has 0 aliphatic heterocycles. The first-order valence-electron chi connectivity index (χ1n) is 9.04. The second kappa shape index (κ2) is 8.23. The molecular formula is C23H16ClNO3S. The zero-order valence-electron chi connectivity index (χ0n) is 15.3. The SMILES string of the molecule is O=C(CCSc1ccc(Cl)cc1)Nc1cccc2c1C(=O)c1ccccc1C2=O. The molecule has 0 radical (unpaired) electrons. The van der Waals surface area contributed by atoms with Gasteiger partial charge in [0, 0.05) is 38.8 Å². The van der Waals surface area contributed by atoms with E-state index in [1.54, 1.807) is 66.4 Å². The normalized spacial score (nSPS) is 12.3. The first-order chi connectivity index (χ1) is 14.0. The van der Waals surface area contributed by atoms with Crippen LogP contribution in [-0.2, 0) is 4.79 Å². The van der Waals surface area contributed by atoms with Gasteiger partial charge in [-0.3, -0.25) is 14.4 Å². The molecule has 0 aromatic heterocycles. The van der Waals surface area contributed by atoms with E-state index in [0.29, 0.717) is 33.2 Å². The number of hydrogen-bond donors (Lipinski definition) is 1. The Morgan fingerprint density at radius 1 is 0.828 bits per heavy atom. The van der Waals surface area contributed by atoms with Gasteiger partial charge in [0.1, 0.15) is 0 Å². The van der Waals surface area contributed by atoms with Gasteiger partial charge in [0.25, 0.3) is 0 Å². The molecule has 1 aliphatic carbocycles. The molecule has 1 amide bonds. The highest BCUT2D eigenvalue weighted by molar-refractivity contribution is 7.99. The van der Waals surface area contributed by atoms with Crippen molar-refractivity contribution in [2.24, 2.45) is 0 Å². The zero-order chi connectivity index (χ0) is 20.4. The lowest BCUT2D eigenvalue weighted by Gasteiger charge is -2.20. The van der Waals surface area contributed by atoms with Crippen LogP contribution in [0.3, 0.4) is 0 Å². The van der Waals surface area contributed by atoms with Crippen LogP contribution < -0.4 is 5.32 Å². The number of carbonyl (C=O) groups excluding carboxylic acids is 3. The molecule has 0 atom stereocenters. The van der Waals surface area contributed by atoms with Crippen molar-refractivity contribution >= 4 is 46.5 Å². The Balaban J connectivity index is 1.49. The summed E-state index contributed by atoms with van der Waals surface area (Å²) < 4.78 is 0. The summed E-state index contributed by atoms with van der Waals surface area (Å²) in [5.41, 5.74) is 1.71. The Kier molecular flexibility index (Phi) is 5.51. The third-order valence-electron chi connectivity index (χ3n) is 4.64. The Bertz CT molecular complexity index is 1130. The van der Waals surface area contributed by atoms with E-state index in [2.05, 4.69) is 5.32 Å². The second-order valence-electron chi connectivity index (χ2n) is 6.53. The maximum atomic E-state index is 13.0. The average molecular weight is 422 g/mol. The predicted molar refractivity (Wildman–Crippen MR) is 115 cm³/mol. The van der Waals surface area contributed by atoms with Crippen molar-refractivity contribution in [1.29, 1.82) is 0 Å². The van der Waals surface area contributed by atoms with Crippen LogP contribution in [0.5, 0.6) is 0 Å². The molecule has 0 saturated carbocycles. The molecule has 0 saturated heterocycles. The number of ketones is 2. The Morgan fingerprint density at radius 3 is 2.21 bits per heavy atom. The average Bonchev–Trinajstić information content (AvgIpc) is 2.73. The number of rotatable bonds is 5. The van der Waals surface area contributed by atoms with Crippen molar-refractivity contribution < 1.29 is 14.4 Å². The van der Waals surface area contributed by atoms with Crippen molar-refractivity contribution in [3.63, 3.8) is 0 Å². The van der Waals surface area contributed by atoms with E-state index in [9.17, 15) is 14.4 Å². The number of amides is 1. The lowest BCUT2D eigenvalue weighted by molar-refractivity contribution is -0.115. The fraction of sp³-hybridized carbons (Fsp3) is 0.0870. The van der Waals surface area contributed by atoms with Gasteiger partial charge in [-0.05, 0) is 30.3 Å². The van der Waals surface area contributed by atoms with Crippen LogP contribution in [0.2, 0.25) is 5.02 Å². The highest BCUT2D eigenvalue weighted by Crippen LogP contribution is 2.32. The van der Waals surface area contributed by atoms with Gasteiger partial charge in [-0.25, -0.2) is 0 Å². The summed E-state index contributed by atoms with van der Waals surface area (Å²) in [5, 5.41) is 3.47. The minimum absolute atomic E-state index is 0.204. The summed E-state index contributed by atoms with van der Waals surface area (Å²) in [7, 11) is 0. The van der Waals surface area contributed by atoms with E-state index >= 15 is 0 Å². The maximum absolute atomic E-state index is 13.0. The van der Waals surface area contributed by atoms with E-state index in [-0.39, 0.29) is 29.5 Å². The van der Waals surface area contributed by atoms with Crippen LogP contribution >= 0.6 is 23.4 Å². The summed E-state index contributed by atoms with van der Waals surface area (Å²) in [4.78, 5) is 39.2. The van der Waals surface area contributed by atoms with Crippen LogP contribution in [0.1, 0.15) is 38.3 Å². The molecule has 29 heavy (non-hydrogen) atoms. The van der Waals surface area contributed by atoms with Crippen molar-refractivity contribution in [1.82, 2.24) is 0 Å². The molecule has 3 aromatic carbocycles. The topological polar surface area (TPSA) is 63.2 Å². The quantitative estimate of drug-likeness (QED) is 0.448. The first-order valence-corrected chi connectivity index (χ1v) is 10.4. The minimum atomic E-state index is -0.248. The third-order valence-corrected chi connectivity index (χ3v) is 5.90. The number of hydrogen-bond acceptors (Lipinski definition) is 4. The number of benzene rings is 3. The van der Waals surface area contributed by atoms with Crippen LogP contribution in [0.25, 0.3) is 0 Å². The highest BCUT2D eigenvalue weighted by Gasteiger charge is 2.31. The van der Waals surface area contributed by atoms with Gasteiger partial charge >= 0.3 is 0 Å². The monoisotopic (exact) mass is 421 g/mol. The second-order valence-corrected chi connectivity index (χ2v) is 8.14. The summed E-state index contributed by atoms with van der Waals surface area (Å²) in [6.07, 6.45) is 0.273. The molecule has 0 heterocycles. The van der Waals surface area contributed by atoms with Crippen LogP contribution in [-0.4, -0.2) is 23.2 Å². The number of nitrogens with one attached hydrogen (secondary N) is 1. The van der Waals surface area contributed by atoms with Gasteiger partial charge in [0.05, 0.1) is 11.3 Å². The predicted octanol–water partition coefficient (Wildman–Crippen LogP) is 5.24. The molecule has 0 fully saturated rings. The van der Waals surface area contributed by atoms with Gasteiger partial charge in [-0.15, -0.1) is 11.8 Å². The molecule has 1 N–H and O–H groups in total. The first kappa shape index (κ1) is 19.4. The van der Waals surface area contributed by atoms with Gasteiger partial charge in [-0.2, -0.15) is 0 Å². The summed E-state index contributed by atoms with van der Waals surface area (Å²) in [6.45, 7) is 0. The zero-order valence-corrected chi connectivity index (χ0v) is 16.8. The van der Waals surface area contributed by atoms with Gasteiger partial charge < -0.3 is 5.32 Å². The largest absolute Gasteiger partial charge is 0.325 e. The molecule has 0 unspecified atom stereocenters. The Labute approximate surface area is 177 Å². The highest BCUT2D eigenvalue weighted by atomic mass is 35.5. The van der Waals surface area contributed by atoms with E-state index in [1.807, 2.05) is 12.1 Å². The molecule has 144 valence electrons. The molecule has 0 bridgehead atoms. The van der Waals surface area contributed by atoms with Gasteiger partial charge in [-0.1, -0.05) is 48.0 Å². The van der Waals surface area contributed by atoms with Gasteiger partial charge in [0.15, 0.2) is 11.6 Å². The van der Waals surface area contributed by atoms with Crippen molar-refractivity contribution in [2.45, 2.75) is 11.3 Å². The summed E-state index contributed by atoms with van der Waals surface area (Å²) in [5.74, 6) is -0.0803. The van der Waals surface area contributed by atoms with Gasteiger partial charge in [0.2, 0.25) is 5.91 Å². The number of carbonyl (C=O) groups is 3. The summed E-state index contributed by atoms with van der Waals surface area (Å²) in [6, 6.07) is 19.1. The van der Waals surface area contributed by atoms with Crippen LogP contribution in [0.4, 0.5) is 5.69 Å². The molecule has 4 rings (SSSR count). The van der Waals surface area contributed by atoms with Crippen molar-refractivity contribution in [3.8, 4) is 0 Å². The fourth-order valence-electron chi connectivity index (χ4n) is 3.25. The minimum Gasteiger partial charge on any atom is -0.325 e.